The van der Waals surface area contributed by atoms with Crippen molar-refractivity contribution in [1.82, 2.24) is 4.98 Å². The van der Waals surface area contributed by atoms with Crippen LogP contribution in [-0.2, 0) is 11.3 Å². The van der Waals surface area contributed by atoms with E-state index in [4.69, 9.17) is 21.4 Å². The predicted molar refractivity (Wildman–Crippen MR) is 62.1 cm³/mol. The molecule has 0 amide bonds. The number of anilines is 1. The molecule has 2 rings (SSSR count). The molecule has 90 valence electrons. The van der Waals surface area contributed by atoms with Crippen LogP contribution in [0.2, 0.25) is 5.15 Å². The van der Waals surface area contributed by atoms with Gasteiger partial charge in [-0.1, -0.05) is 22.9 Å². The lowest BCUT2D eigenvalue weighted by Crippen LogP contribution is -2.47. The molecule has 1 aliphatic rings. The van der Waals surface area contributed by atoms with E-state index in [0.29, 0.717) is 29.8 Å². The molecule has 1 atom stereocenters. The number of halogens is 1. The first-order valence-corrected chi connectivity index (χ1v) is 6.17. The molecule has 16 heavy (non-hydrogen) atoms. The van der Waals surface area contributed by atoms with E-state index in [1.807, 2.05) is 4.90 Å². The van der Waals surface area contributed by atoms with Gasteiger partial charge in [-0.3, -0.25) is 0 Å². The molecule has 0 aromatic carbocycles. The van der Waals surface area contributed by atoms with E-state index in [1.54, 1.807) is 0 Å². The minimum atomic E-state index is -0.107. The zero-order valence-electron chi connectivity index (χ0n) is 8.60. The summed E-state index contributed by atoms with van der Waals surface area (Å²) < 4.78 is 5.28. The first-order valence-electron chi connectivity index (χ1n) is 4.97. The van der Waals surface area contributed by atoms with Gasteiger partial charge in [0.15, 0.2) is 5.13 Å². The minimum Gasteiger partial charge on any atom is -0.394 e. The van der Waals surface area contributed by atoms with Crippen LogP contribution in [0.3, 0.4) is 0 Å². The highest BCUT2D eigenvalue weighted by Gasteiger charge is 2.25. The highest BCUT2D eigenvalue weighted by atomic mass is 35.5. The number of hydrogen-bond donors (Lipinski definition) is 2. The van der Waals surface area contributed by atoms with Crippen LogP contribution in [0.25, 0.3) is 0 Å². The number of rotatable bonds is 3. The maximum Gasteiger partial charge on any atom is 0.187 e. The number of ether oxygens (including phenoxy) is 1. The molecular formula is C9H13ClN2O3S. The Kier molecular flexibility index (Phi) is 3.99. The lowest BCUT2D eigenvalue weighted by molar-refractivity contribution is 0.0727. The molecule has 0 spiro atoms. The van der Waals surface area contributed by atoms with Gasteiger partial charge in [-0.15, -0.1) is 0 Å². The second kappa shape index (κ2) is 5.29. The summed E-state index contributed by atoms with van der Waals surface area (Å²) in [4.78, 5) is 6.81. The summed E-state index contributed by atoms with van der Waals surface area (Å²) in [5.41, 5.74) is 0. The van der Waals surface area contributed by atoms with E-state index in [0.717, 1.165) is 5.13 Å². The summed E-state index contributed by atoms with van der Waals surface area (Å²) in [6.45, 7) is 1.69. The molecule has 0 saturated carbocycles. The van der Waals surface area contributed by atoms with Crippen molar-refractivity contribution in [3.8, 4) is 0 Å². The van der Waals surface area contributed by atoms with Crippen molar-refractivity contribution in [3.63, 3.8) is 0 Å². The zero-order chi connectivity index (χ0) is 11.5. The number of aromatic nitrogens is 1. The second-order valence-electron chi connectivity index (χ2n) is 3.47. The van der Waals surface area contributed by atoms with E-state index in [1.165, 1.54) is 11.3 Å². The number of nitrogens with zero attached hydrogens (tertiary/aromatic N) is 2. The Morgan fingerprint density at radius 3 is 3.00 bits per heavy atom. The molecule has 7 heteroatoms. The fraction of sp³-hybridized carbons (Fsp3) is 0.667. The molecule has 0 aliphatic carbocycles. The van der Waals surface area contributed by atoms with Gasteiger partial charge in [-0.2, -0.15) is 0 Å². The Balaban J connectivity index is 2.20. The molecule has 0 bridgehead atoms. The van der Waals surface area contributed by atoms with E-state index in [2.05, 4.69) is 4.98 Å². The molecule has 5 nitrogen and oxygen atoms in total. The average molecular weight is 265 g/mol. The number of morpholine rings is 1. The van der Waals surface area contributed by atoms with Crippen LogP contribution in [0.1, 0.15) is 4.88 Å². The zero-order valence-corrected chi connectivity index (χ0v) is 10.2. The van der Waals surface area contributed by atoms with Gasteiger partial charge in [0.1, 0.15) is 5.15 Å². The van der Waals surface area contributed by atoms with E-state index < -0.39 is 0 Å². The number of hydrogen-bond acceptors (Lipinski definition) is 6. The third kappa shape index (κ3) is 2.31. The van der Waals surface area contributed by atoms with Crippen molar-refractivity contribution in [2.75, 3.05) is 31.3 Å². The first-order chi connectivity index (χ1) is 7.76. The lowest BCUT2D eigenvalue weighted by Gasteiger charge is -2.34. The van der Waals surface area contributed by atoms with E-state index in [-0.39, 0.29) is 19.3 Å². The van der Waals surface area contributed by atoms with Gasteiger partial charge < -0.3 is 19.8 Å². The van der Waals surface area contributed by atoms with Gasteiger partial charge in [0.05, 0.1) is 37.3 Å². The number of aliphatic hydroxyl groups excluding tert-OH is 2. The molecule has 2 N–H and O–H groups in total. The molecule has 2 heterocycles. The standard InChI is InChI=1S/C9H13ClN2O3S/c10-8-7(4-14)16-9(11-8)12-1-2-15-5-6(12)3-13/h6,13-14H,1-5H2. The maximum atomic E-state index is 9.23. The van der Waals surface area contributed by atoms with Crippen molar-refractivity contribution >= 4 is 28.1 Å². The Hall–Kier alpha value is -0.400. The minimum absolute atomic E-state index is 0.0195. The average Bonchev–Trinajstić information content (AvgIpc) is 2.70. The molecule has 1 aromatic heterocycles. The van der Waals surface area contributed by atoms with Gasteiger partial charge in [-0.05, 0) is 0 Å². The lowest BCUT2D eigenvalue weighted by atomic mass is 10.2. The summed E-state index contributed by atoms with van der Waals surface area (Å²) >= 11 is 7.23. The highest BCUT2D eigenvalue weighted by Crippen LogP contribution is 2.31. The SMILES string of the molecule is OCc1sc(N2CCOCC2CO)nc1Cl. The number of thiazole rings is 1. The van der Waals surface area contributed by atoms with Crippen LogP contribution in [0.15, 0.2) is 0 Å². The predicted octanol–water partition coefficient (Wildman–Crippen LogP) is 0.486. The van der Waals surface area contributed by atoms with Crippen molar-refractivity contribution in [2.45, 2.75) is 12.6 Å². The van der Waals surface area contributed by atoms with E-state index >= 15 is 0 Å². The van der Waals surface area contributed by atoms with Crippen LogP contribution < -0.4 is 4.90 Å². The fourth-order valence-corrected chi connectivity index (χ4v) is 2.81. The largest absolute Gasteiger partial charge is 0.394 e. The van der Waals surface area contributed by atoms with Crippen molar-refractivity contribution < 1.29 is 14.9 Å². The van der Waals surface area contributed by atoms with Crippen LogP contribution in [0, 0.1) is 0 Å². The quantitative estimate of drug-likeness (QED) is 0.832. The first kappa shape index (κ1) is 12.1. The summed E-state index contributed by atoms with van der Waals surface area (Å²) in [5.74, 6) is 0. The van der Waals surface area contributed by atoms with Crippen LogP contribution in [0.4, 0.5) is 5.13 Å². The number of aliphatic hydroxyl groups is 2. The normalized spacial score (nSPS) is 21.4. The maximum absolute atomic E-state index is 9.23. The summed E-state index contributed by atoms with van der Waals surface area (Å²) in [6.07, 6.45) is 0. The Labute approximate surface area is 102 Å². The van der Waals surface area contributed by atoms with Gasteiger partial charge >= 0.3 is 0 Å². The molecule has 1 aliphatic heterocycles. The Morgan fingerprint density at radius 2 is 2.38 bits per heavy atom. The van der Waals surface area contributed by atoms with Gasteiger partial charge in [0, 0.05) is 6.54 Å². The van der Waals surface area contributed by atoms with Crippen LogP contribution in [0.5, 0.6) is 0 Å². The topological polar surface area (TPSA) is 65.8 Å². The van der Waals surface area contributed by atoms with Crippen LogP contribution >= 0.6 is 22.9 Å². The summed E-state index contributed by atoms with van der Waals surface area (Å²) in [6, 6.07) is -0.0810. The van der Waals surface area contributed by atoms with Crippen molar-refractivity contribution in [2.24, 2.45) is 0 Å². The fourth-order valence-electron chi connectivity index (χ4n) is 1.60. The van der Waals surface area contributed by atoms with Gasteiger partial charge in [0.25, 0.3) is 0 Å². The van der Waals surface area contributed by atoms with E-state index in [9.17, 15) is 5.11 Å². The third-order valence-electron chi connectivity index (χ3n) is 2.47. The second-order valence-corrected chi connectivity index (χ2v) is 4.89. The Bertz CT molecular complexity index is 361. The van der Waals surface area contributed by atoms with Crippen molar-refractivity contribution in [3.05, 3.63) is 10.0 Å². The molecule has 0 radical (unpaired) electrons. The molecule has 1 aromatic rings. The van der Waals surface area contributed by atoms with Crippen LogP contribution in [-0.4, -0.2) is 47.6 Å². The van der Waals surface area contributed by atoms with Crippen molar-refractivity contribution in [1.29, 1.82) is 0 Å². The summed E-state index contributed by atoms with van der Waals surface area (Å²) in [5, 5.41) is 19.3. The molecule has 1 saturated heterocycles. The molecular weight excluding hydrogens is 252 g/mol. The monoisotopic (exact) mass is 264 g/mol. The molecule has 1 unspecified atom stereocenters. The smallest absolute Gasteiger partial charge is 0.187 e. The van der Waals surface area contributed by atoms with Gasteiger partial charge in [0.2, 0.25) is 0 Å². The summed E-state index contributed by atoms with van der Waals surface area (Å²) in [7, 11) is 0. The highest BCUT2D eigenvalue weighted by molar-refractivity contribution is 7.16. The Morgan fingerprint density at radius 1 is 1.56 bits per heavy atom. The van der Waals surface area contributed by atoms with Gasteiger partial charge in [-0.25, -0.2) is 4.98 Å². The third-order valence-corrected chi connectivity index (χ3v) is 3.97. The molecule has 1 fully saturated rings.